The molecule has 2 aromatic rings. The van der Waals surface area contributed by atoms with Crippen molar-refractivity contribution in [3.63, 3.8) is 0 Å². The highest BCUT2D eigenvalue weighted by Crippen LogP contribution is 2.23. The van der Waals surface area contributed by atoms with E-state index in [1.807, 2.05) is 30.3 Å². The van der Waals surface area contributed by atoms with E-state index < -0.39 is 0 Å². The Kier molecular flexibility index (Phi) is 3.33. The van der Waals surface area contributed by atoms with Crippen LogP contribution in [0.25, 0.3) is 0 Å². The molecule has 98 valence electrons. The standard InChI is InChI=1S/C15H15NO3/c17-15(13-7-4-9-18-13)16-8-10-19-14(11-16)12-5-2-1-3-6-12/h1-7,9,14H,8,10-11H2/t14-/m0/s1. The zero-order valence-electron chi connectivity index (χ0n) is 10.5. The van der Waals surface area contributed by atoms with Gasteiger partial charge in [0.05, 0.1) is 19.4 Å². The Bertz CT molecular complexity index is 536. The van der Waals surface area contributed by atoms with Crippen molar-refractivity contribution in [2.24, 2.45) is 0 Å². The molecule has 1 atom stereocenters. The van der Waals surface area contributed by atoms with Crippen molar-refractivity contribution >= 4 is 5.91 Å². The van der Waals surface area contributed by atoms with Gasteiger partial charge >= 0.3 is 0 Å². The third-order valence-electron chi connectivity index (χ3n) is 3.26. The third kappa shape index (κ3) is 2.53. The lowest BCUT2D eigenvalue weighted by atomic mass is 10.1. The summed E-state index contributed by atoms with van der Waals surface area (Å²) in [7, 11) is 0. The number of ether oxygens (including phenoxy) is 1. The van der Waals surface area contributed by atoms with Gasteiger partial charge in [-0.25, -0.2) is 0 Å². The van der Waals surface area contributed by atoms with Crippen molar-refractivity contribution < 1.29 is 13.9 Å². The fraction of sp³-hybridized carbons (Fsp3) is 0.267. The highest BCUT2D eigenvalue weighted by atomic mass is 16.5. The molecule has 0 radical (unpaired) electrons. The van der Waals surface area contributed by atoms with Crippen molar-refractivity contribution in [1.82, 2.24) is 4.90 Å². The maximum absolute atomic E-state index is 12.2. The van der Waals surface area contributed by atoms with Gasteiger partial charge in [0, 0.05) is 6.54 Å². The Balaban J connectivity index is 1.73. The van der Waals surface area contributed by atoms with Gasteiger partial charge in [-0.1, -0.05) is 30.3 Å². The van der Waals surface area contributed by atoms with Gasteiger partial charge in [-0.3, -0.25) is 4.79 Å². The predicted octanol–water partition coefficient (Wildman–Crippen LogP) is 2.49. The Labute approximate surface area is 111 Å². The highest BCUT2D eigenvalue weighted by Gasteiger charge is 2.27. The fourth-order valence-electron chi connectivity index (χ4n) is 2.26. The van der Waals surface area contributed by atoms with E-state index in [2.05, 4.69) is 0 Å². The molecule has 1 saturated heterocycles. The topological polar surface area (TPSA) is 42.7 Å². The SMILES string of the molecule is O=C(c1ccco1)N1CCO[C@H](c2ccccc2)C1. The monoisotopic (exact) mass is 257 g/mol. The minimum atomic E-state index is -0.0748. The molecular formula is C15H15NO3. The number of nitrogens with zero attached hydrogens (tertiary/aromatic N) is 1. The van der Waals surface area contributed by atoms with Gasteiger partial charge in [-0.05, 0) is 17.7 Å². The first-order valence-corrected chi connectivity index (χ1v) is 6.34. The first-order valence-electron chi connectivity index (χ1n) is 6.34. The molecule has 1 amide bonds. The number of amides is 1. The Morgan fingerprint density at radius 3 is 2.74 bits per heavy atom. The minimum absolute atomic E-state index is 0.0612. The molecule has 1 aliphatic heterocycles. The van der Waals surface area contributed by atoms with Gasteiger partial charge in [0.25, 0.3) is 5.91 Å². The van der Waals surface area contributed by atoms with E-state index in [9.17, 15) is 4.79 Å². The molecule has 3 rings (SSSR count). The van der Waals surface area contributed by atoms with Crippen LogP contribution in [0.5, 0.6) is 0 Å². The highest BCUT2D eigenvalue weighted by molar-refractivity contribution is 5.91. The van der Waals surface area contributed by atoms with Crippen LogP contribution in [0, 0.1) is 0 Å². The summed E-state index contributed by atoms with van der Waals surface area (Å²) in [6.45, 7) is 1.71. The molecular weight excluding hydrogens is 242 g/mol. The summed E-state index contributed by atoms with van der Waals surface area (Å²) in [4.78, 5) is 14.0. The van der Waals surface area contributed by atoms with Crippen LogP contribution in [-0.4, -0.2) is 30.5 Å². The summed E-state index contributed by atoms with van der Waals surface area (Å²) in [5, 5.41) is 0. The molecule has 4 heteroatoms. The Morgan fingerprint density at radius 1 is 1.16 bits per heavy atom. The molecule has 2 heterocycles. The quantitative estimate of drug-likeness (QED) is 0.830. The van der Waals surface area contributed by atoms with Crippen molar-refractivity contribution in [2.75, 3.05) is 19.7 Å². The predicted molar refractivity (Wildman–Crippen MR) is 69.7 cm³/mol. The lowest BCUT2D eigenvalue weighted by Crippen LogP contribution is -2.42. The number of carbonyl (C=O) groups is 1. The van der Waals surface area contributed by atoms with E-state index in [1.54, 1.807) is 17.0 Å². The van der Waals surface area contributed by atoms with Crippen LogP contribution in [0.2, 0.25) is 0 Å². The van der Waals surface area contributed by atoms with Crippen LogP contribution in [0.1, 0.15) is 22.2 Å². The van der Waals surface area contributed by atoms with Gasteiger partial charge in [-0.2, -0.15) is 0 Å². The zero-order valence-corrected chi connectivity index (χ0v) is 10.5. The van der Waals surface area contributed by atoms with Crippen LogP contribution in [0.4, 0.5) is 0 Å². The van der Waals surface area contributed by atoms with Gasteiger partial charge in [0.1, 0.15) is 6.10 Å². The van der Waals surface area contributed by atoms with Crippen molar-refractivity contribution in [2.45, 2.75) is 6.10 Å². The van der Waals surface area contributed by atoms with Crippen molar-refractivity contribution in [1.29, 1.82) is 0 Å². The van der Waals surface area contributed by atoms with Gasteiger partial charge < -0.3 is 14.1 Å². The number of furan rings is 1. The summed E-state index contributed by atoms with van der Waals surface area (Å²) < 4.78 is 10.9. The average Bonchev–Trinajstić information content (AvgIpc) is 3.02. The van der Waals surface area contributed by atoms with Crippen molar-refractivity contribution in [3.8, 4) is 0 Å². The molecule has 1 aliphatic rings. The molecule has 19 heavy (non-hydrogen) atoms. The van der Waals surface area contributed by atoms with Crippen LogP contribution in [0.3, 0.4) is 0 Å². The minimum Gasteiger partial charge on any atom is -0.459 e. The number of hydrogen-bond acceptors (Lipinski definition) is 3. The second kappa shape index (κ2) is 5.28. The number of hydrogen-bond donors (Lipinski definition) is 0. The summed E-state index contributed by atoms with van der Waals surface area (Å²) in [6.07, 6.45) is 1.45. The number of carbonyl (C=O) groups excluding carboxylic acids is 1. The van der Waals surface area contributed by atoms with Crippen LogP contribution < -0.4 is 0 Å². The lowest BCUT2D eigenvalue weighted by Gasteiger charge is -2.32. The second-order valence-electron chi connectivity index (χ2n) is 4.50. The lowest BCUT2D eigenvalue weighted by molar-refractivity contribution is -0.0237. The fourth-order valence-corrected chi connectivity index (χ4v) is 2.26. The van der Waals surface area contributed by atoms with Gasteiger partial charge in [0.2, 0.25) is 0 Å². The molecule has 0 N–H and O–H groups in total. The number of rotatable bonds is 2. The molecule has 4 nitrogen and oxygen atoms in total. The number of benzene rings is 1. The summed E-state index contributed by atoms with van der Waals surface area (Å²) >= 11 is 0. The molecule has 0 aliphatic carbocycles. The summed E-state index contributed by atoms with van der Waals surface area (Å²) in [6, 6.07) is 13.4. The van der Waals surface area contributed by atoms with Crippen LogP contribution in [-0.2, 0) is 4.74 Å². The van der Waals surface area contributed by atoms with E-state index >= 15 is 0 Å². The van der Waals surface area contributed by atoms with Gasteiger partial charge in [0.15, 0.2) is 5.76 Å². The summed E-state index contributed by atoms with van der Waals surface area (Å²) in [5.74, 6) is 0.308. The van der Waals surface area contributed by atoms with E-state index in [1.165, 1.54) is 6.26 Å². The maximum Gasteiger partial charge on any atom is 0.289 e. The van der Waals surface area contributed by atoms with Gasteiger partial charge in [-0.15, -0.1) is 0 Å². The first kappa shape index (κ1) is 12.0. The van der Waals surface area contributed by atoms with E-state index in [-0.39, 0.29) is 12.0 Å². The Hall–Kier alpha value is -2.07. The normalized spacial score (nSPS) is 19.4. The molecule has 1 aromatic carbocycles. The third-order valence-corrected chi connectivity index (χ3v) is 3.26. The molecule has 0 saturated carbocycles. The summed E-state index contributed by atoms with van der Waals surface area (Å²) in [5.41, 5.74) is 1.10. The molecule has 0 unspecified atom stereocenters. The van der Waals surface area contributed by atoms with Crippen LogP contribution >= 0.6 is 0 Å². The van der Waals surface area contributed by atoms with E-state index in [0.29, 0.717) is 25.5 Å². The molecule has 1 aromatic heterocycles. The second-order valence-corrected chi connectivity index (χ2v) is 4.50. The van der Waals surface area contributed by atoms with E-state index in [4.69, 9.17) is 9.15 Å². The Morgan fingerprint density at radius 2 is 2.00 bits per heavy atom. The molecule has 0 spiro atoms. The largest absolute Gasteiger partial charge is 0.459 e. The van der Waals surface area contributed by atoms with E-state index in [0.717, 1.165) is 5.56 Å². The molecule has 0 bridgehead atoms. The number of morpholine rings is 1. The molecule has 1 fully saturated rings. The van der Waals surface area contributed by atoms with Crippen molar-refractivity contribution in [3.05, 3.63) is 60.1 Å². The average molecular weight is 257 g/mol. The maximum atomic E-state index is 12.2. The smallest absolute Gasteiger partial charge is 0.289 e. The first-order chi connectivity index (χ1) is 9.34. The zero-order chi connectivity index (χ0) is 13.1. The van der Waals surface area contributed by atoms with Crippen LogP contribution in [0.15, 0.2) is 53.1 Å².